The summed E-state index contributed by atoms with van der Waals surface area (Å²) in [5.41, 5.74) is 13.2. The minimum atomic E-state index is -0.101. The van der Waals surface area contributed by atoms with Crippen molar-refractivity contribution in [2.75, 3.05) is 0 Å². The number of hydrogen-bond acceptors (Lipinski definition) is 1. The highest BCUT2D eigenvalue weighted by molar-refractivity contribution is 5.99. The van der Waals surface area contributed by atoms with Crippen LogP contribution < -0.4 is 0 Å². The van der Waals surface area contributed by atoms with Crippen LogP contribution in [-0.2, 0) is 4.79 Å². The highest BCUT2D eigenvalue weighted by Crippen LogP contribution is 2.56. The fourth-order valence-electron chi connectivity index (χ4n) is 6.36. The predicted octanol–water partition coefficient (Wildman–Crippen LogP) is 8.46. The van der Waals surface area contributed by atoms with E-state index in [9.17, 15) is 4.79 Å². The molecule has 1 aromatic carbocycles. The largest absolute Gasteiger partial charge is 0.412 e. The van der Waals surface area contributed by atoms with Crippen molar-refractivity contribution in [1.29, 1.82) is 0 Å². The van der Waals surface area contributed by atoms with E-state index in [1.807, 2.05) is 0 Å². The fraction of sp³-hybridized carbons (Fsp3) is 0.441. The zero-order valence-electron chi connectivity index (χ0n) is 23.1. The summed E-state index contributed by atoms with van der Waals surface area (Å²) in [4.78, 5) is 14.5. The molecule has 0 spiro atoms. The highest BCUT2D eigenvalue weighted by Gasteiger charge is 2.46. The second kappa shape index (κ2) is 11.6. The van der Waals surface area contributed by atoms with Gasteiger partial charge in [-0.05, 0) is 106 Å². The molecule has 0 aliphatic heterocycles. The van der Waals surface area contributed by atoms with Gasteiger partial charge in [0.1, 0.15) is 0 Å². The van der Waals surface area contributed by atoms with Gasteiger partial charge in [0.25, 0.3) is 0 Å². The van der Waals surface area contributed by atoms with E-state index in [0.29, 0.717) is 5.78 Å². The predicted molar refractivity (Wildman–Crippen MR) is 153 cm³/mol. The Labute approximate surface area is 218 Å². The quantitative estimate of drug-likeness (QED) is 0.217. The maximum absolute atomic E-state index is 14.5. The van der Waals surface area contributed by atoms with Crippen LogP contribution >= 0.6 is 0 Å². The summed E-state index contributed by atoms with van der Waals surface area (Å²) in [6.45, 7) is 17.3. The first-order valence-corrected chi connectivity index (χ1v) is 13.5. The average molecular weight is 485 g/mol. The molecule has 2 nitrogen and oxygen atoms in total. The molecule has 3 atom stereocenters. The van der Waals surface area contributed by atoms with Gasteiger partial charge in [0.05, 0.1) is 0 Å². The van der Waals surface area contributed by atoms with E-state index in [2.05, 4.69) is 90.6 Å². The molecule has 4 rings (SSSR count). The van der Waals surface area contributed by atoms with Crippen molar-refractivity contribution in [2.45, 2.75) is 86.0 Å². The van der Waals surface area contributed by atoms with Gasteiger partial charge >= 0.3 is 0 Å². The van der Waals surface area contributed by atoms with E-state index in [0.717, 1.165) is 49.7 Å². The van der Waals surface area contributed by atoms with Crippen LogP contribution in [0.2, 0.25) is 0 Å². The fourth-order valence-corrected chi connectivity index (χ4v) is 6.36. The topological polar surface area (TPSA) is 48.6 Å². The van der Waals surface area contributed by atoms with E-state index in [4.69, 9.17) is 0 Å². The summed E-state index contributed by atoms with van der Waals surface area (Å²) < 4.78 is 0. The van der Waals surface area contributed by atoms with Crippen molar-refractivity contribution < 1.29 is 10.3 Å². The molecule has 3 unspecified atom stereocenters. The van der Waals surface area contributed by atoms with Gasteiger partial charge in [0.15, 0.2) is 5.78 Å². The maximum atomic E-state index is 14.5. The van der Waals surface area contributed by atoms with Gasteiger partial charge < -0.3 is 5.48 Å². The number of hydrogen-bond donors (Lipinski definition) is 0. The summed E-state index contributed by atoms with van der Waals surface area (Å²) in [6, 6.07) is 8.94. The molecule has 1 aromatic rings. The Kier molecular flexibility index (Phi) is 8.95. The van der Waals surface area contributed by atoms with Crippen LogP contribution in [0.5, 0.6) is 0 Å². The first kappa shape index (κ1) is 27.9. The molecular formula is C34H44O2. The Morgan fingerprint density at radius 1 is 1.06 bits per heavy atom. The van der Waals surface area contributed by atoms with E-state index >= 15 is 0 Å². The molecule has 3 aliphatic carbocycles. The SMILES string of the molecule is C=C(C)C1CC2=C(CC3=C2CCC=C3)C(c2ccc(C)cc2)C1C(=O)/C(C)=C(/C=C(/C)CC)CC.O. The second-order valence-corrected chi connectivity index (χ2v) is 10.9. The minimum Gasteiger partial charge on any atom is -0.412 e. The molecule has 0 amide bonds. The van der Waals surface area contributed by atoms with Gasteiger partial charge in [-0.3, -0.25) is 4.79 Å². The van der Waals surface area contributed by atoms with Crippen LogP contribution in [0.1, 0.15) is 90.2 Å². The number of rotatable bonds is 7. The Balaban J connectivity index is 0.00000361. The molecule has 0 fully saturated rings. The number of carbonyl (C=O) groups is 1. The van der Waals surface area contributed by atoms with E-state index in [-0.39, 0.29) is 23.2 Å². The lowest BCUT2D eigenvalue weighted by atomic mass is 9.62. The smallest absolute Gasteiger partial charge is 0.163 e. The Morgan fingerprint density at radius 3 is 2.36 bits per heavy atom. The molecular weight excluding hydrogens is 440 g/mol. The van der Waals surface area contributed by atoms with Crippen molar-refractivity contribution in [3.8, 4) is 0 Å². The molecule has 0 radical (unpaired) electrons. The second-order valence-electron chi connectivity index (χ2n) is 10.9. The maximum Gasteiger partial charge on any atom is 0.163 e. The third-order valence-corrected chi connectivity index (χ3v) is 8.58. The molecule has 192 valence electrons. The molecule has 0 saturated heterocycles. The molecule has 2 N–H and O–H groups in total. The summed E-state index contributed by atoms with van der Waals surface area (Å²) in [7, 11) is 0. The first-order valence-electron chi connectivity index (χ1n) is 13.5. The van der Waals surface area contributed by atoms with Gasteiger partial charge in [0.2, 0.25) is 0 Å². The third kappa shape index (κ3) is 5.20. The number of aryl methyl sites for hydroxylation is 1. The van der Waals surface area contributed by atoms with E-state index in [1.54, 1.807) is 5.57 Å². The Hall–Kier alpha value is -2.71. The van der Waals surface area contributed by atoms with E-state index < -0.39 is 0 Å². The monoisotopic (exact) mass is 484 g/mol. The van der Waals surface area contributed by atoms with Crippen molar-refractivity contribution in [2.24, 2.45) is 11.8 Å². The zero-order chi connectivity index (χ0) is 25.3. The number of benzene rings is 1. The van der Waals surface area contributed by atoms with E-state index in [1.165, 1.54) is 39.0 Å². The minimum absolute atomic E-state index is 0. The molecule has 0 heterocycles. The average Bonchev–Trinajstić information content (AvgIpc) is 3.24. The third-order valence-electron chi connectivity index (χ3n) is 8.58. The Bertz CT molecular complexity index is 1180. The number of allylic oxidation sites excluding steroid dienone is 11. The van der Waals surface area contributed by atoms with Gasteiger partial charge in [-0.15, -0.1) is 0 Å². The molecule has 0 aromatic heterocycles. The van der Waals surface area contributed by atoms with Crippen molar-refractivity contribution in [3.63, 3.8) is 0 Å². The summed E-state index contributed by atoms with van der Waals surface area (Å²) >= 11 is 0. The van der Waals surface area contributed by atoms with Crippen molar-refractivity contribution >= 4 is 5.78 Å². The van der Waals surface area contributed by atoms with Crippen LogP contribution in [0.3, 0.4) is 0 Å². The van der Waals surface area contributed by atoms with Crippen molar-refractivity contribution in [3.05, 3.63) is 105 Å². The summed E-state index contributed by atoms with van der Waals surface area (Å²) in [6.07, 6.45) is 13.0. The Morgan fingerprint density at radius 2 is 1.75 bits per heavy atom. The van der Waals surface area contributed by atoms with Gasteiger partial charge in [-0.1, -0.05) is 85.2 Å². The number of carbonyl (C=O) groups excluding carboxylic acids is 1. The number of fused-ring (bicyclic) bond motifs is 1. The van der Waals surface area contributed by atoms with Crippen LogP contribution in [0.15, 0.2) is 93.7 Å². The molecule has 0 saturated carbocycles. The van der Waals surface area contributed by atoms with Crippen molar-refractivity contribution in [1.82, 2.24) is 0 Å². The summed E-state index contributed by atoms with van der Waals surface area (Å²) in [5.74, 6) is 0.482. The first-order chi connectivity index (χ1) is 16.8. The van der Waals surface area contributed by atoms with Crippen LogP contribution in [0.4, 0.5) is 0 Å². The standard InChI is InChI=1S/C34H42O.H2O/c1-8-22(5)18-25(9-2)24(7)34(35)33-29(21(3)4)20-30-28-13-11-10-12-27(28)19-31(30)32(33)26-16-14-23(6)15-17-26;/h10,12,14-18,29,32-33H,3,8-9,11,13,19-20H2,1-2,4-7H3;1H2/b22-18-,25-24+;. The highest BCUT2D eigenvalue weighted by atomic mass is 16.1. The number of Topliss-reactive ketones (excluding diaryl/α,β-unsaturated/α-hetero) is 1. The van der Waals surface area contributed by atoms with Crippen LogP contribution in [-0.4, -0.2) is 11.3 Å². The van der Waals surface area contributed by atoms with Crippen LogP contribution in [0.25, 0.3) is 0 Å². The molecule has 2 heteroatoms. The lowest BCUT2D eigenvalue weighted by Gasteiger charge is -2.40. The molecule has 3 aliphatic rings. The van der Waals surface area contributed by atoms with Gasteiger partial charge in [0, 0.05) is 11.8 Å². The van der Waals surface area contributed by atoms with Crippen LogP contribution in [0, 0.1) is 18.8 Å². The van der Waals surface area contributed by atoms with Gasteiger partial charge in [-0.25, -0.2) is 0 Å². The lowest BCUT2D eigenvalue weighted by molar-refractivity contribution is -0.121. The normalized spacial score (nSPS) is 24.2. The lowest BCUT2D eigenvalue weighted by Crippen LogP contribution is -2.36. The summed E-state index contributed by atoms with van der Waals surface area (Å²) in [5, 5.41) is 0. The molecule has 0 bridgehead atoms. The molecule has 36 heavy (non-hydrogen) atoms. The van der Waals surface area contributed by atoms with Gasteiger partial charge in [-0.2, -0.15) is 0 Å². The zero-order valence-corrected chi connectivity index (χ0v) is 23.1. The number of ketones is 1.